The molecule has 6 nitrogen and oxygen atoms in total. The lowest BCUT2D eigenvalue weighted by molar-refractivity contribution is 0.249. The van der Waals surface area contributed by atoms with Crippen LogP contribution in [0.25, 0.3) is 22.4 Å². The molecule has 5 rings (SSSR count). The first kappa shape index (κ1) is 27.2. The van der Waals surface area contributed by atoms with E-state index in [1.165, 1.54) is 36.1 Å². The maximum absolute atomic E-state index is 12.3. The van der Waals surface area contributed by atoms with Crippen molar-refractivity contribution in [2.45, 2.75) is 71.9 Å². The molecule has 0 unspecified atom stereocenters. The third kappa shape index (κ3) is 6.44. The van der Waals surface area contributed by atoms with Gasteiger partial charge in [-0.3, -0.25) is 9.69 Å². The van der Waals surface area contributed by atoms with Crippen molar-refractivity contribution < 1.29 is 0 Å². The largest absolute Gasteiger partial charge is 0.367 e. The van der Waals surface area contributed by atoms with Crippen LogP contribution in [0.15, 0.2) is 65.6 Å². The second-order valence-corrected chi connectivity index (χ2v) is 12.0. The number of H-pyrrole nitrogens is 1. The van der Waals surface area contributed by atoms with Crippen LogP contribution in [0.3, 0.4) is 0 Å². The second-order valence-electron chi connectivity index (χ2n) is 12.0. The van der Waals surface area contributed by atoms with Gasteiger partial charge in [-0.15, -0.1) is 0 Å². The molecule has 3 heterocycles. The Bertz CT molecular complexity index is 1440. The number of rotatable bonds is 9. The van der Waals surface area contributed by atoms with Gasteiger partial charge in [0.15, 0.2) is 0 Å². The van der Waals surface area contributed by atoms with E-state index in [0.717, 1.165) is 68.1 Å². The Labute approximate surface area is 232 Å². The zero-order chi connectivity index (χ0) is 27.4. The summed E-state index contributed by atoms with van der Waals surface area (Å²) in [6.45, 7) is 14.5. The highest BCUT2D eigenvalue weighted by molar-refractivity contribution is 5.91. The number of imidazole rings is 1. The molecule has 0 saturated carbocycles. The number of para-hydroxylation sites is 1. The highest BCUT2D eigenvalue weighted by Gasteiger charge is 2.21. The lowest BCUT2D eigenvalue weighted by atomic mass is 9.87. The first-order chi connectivity index (χ1) is 18.8. The first-order valence-corrected chi connectivity index (χ1v) is 14.6. The SMILES string of the molecule is CCCCCCn1cc(CN2CCN(c3cccc4[nH]c(-c5ccc(C(C)(C)C)cc5)nc34)CC2)ccc1=O. The summed E-state index contributed by atoms with van der Waals surface area (Å²) in [5.41, 5.74) is 7.21. The van der Waals surface area contributed by atoms with E-state index in [0.29, 0.717) is 0 Å². The fourth-order valence-corrected chi connectivity index (χ4v) is 5.50. The molecule has 6 heteroatoms. The van der Waals surface area contributed by atoms with Crippen LogP contribution in [0.5, 0.6) is 0 Å². The molecule has 39 heavy (non-hydrogen) atoms. The molecule has 2 aromatic heterocycles. The average molecular weight is 526 g/mol. The number of hydrogen-bond acceptors (Lipinski definition) is 4. The van der Waals surface area contributed by atoms with Crippen molar-refractivity contribution in [2.24, 2.45) is 0 Å². The van der Waals surface area contributed by atoms with Gasteiger partial charge in [-0.05, 0) is 35.1 Å². The predicted octanol–water partition coefficient (Wildman–Crippen LogP) is 6.59. The highest BCUT2D eigenvalue weighted by Crippen LogP contribution is 2.30. The Balaban J connectivity index is 1.24. The van der Waals surface area contributed by atoms with Gasteiger partial charge in [-0.1, -0.05) is 83.4 Å². The van der Waals surface area contributed by atoms with Gasteiger partial charge in [0.2, 0.25) is 0 Å². The van der Waals surface area contributed by atoms with E-state index >= 15 is 0 Å². The number of piperazine rings is 1. The molecular weight excluding hydrogens is 482 g/mol. The number of aromatic nitrogens is 3. The van der Waals surface area contributed by atoms with E-state index in [-0.39, 0.29) is 11.0 Å². The van der Waals surface area contributed by atoms with Crippen molar-refractivity contribution in [1.29, 1.82) is 0 Å². The monoisotopic (exact) mass is 525 g/mol. The molecule has 2 aromatic carbocycles. The summed E-state index contributed by atoms with van der Waals surface area (Å²) in [7, 11) is 0. The topological polar surface area (TPSA) is 57.2 Å². The number of nitrogens with one attached hydrogen (secondary N) is 1. The number of aromatic amines is 1. The minimum absolute atomic E-state index is 0.108. The van der Waals surface area contributed by atoms with Gasteiger partial charge in [0, 0.05) is 57.1 Å². The molecule has 0 atom stereocenters. The zero-order valence-corrected chi connectivity index (χ0v) is 24.0. The first-order valence-electron chi connectivity index (χ1n) is 14.6. The summed E-state index contributed by atoms with van der Waals surface area (Å²) in [6, 6.07) is 18.9. The molecule has 4 aromatic rings. The normalized spacial score (nSPS) is 14.8. The molecule has 1 saturated heterocycles. The van der Waals surface area contributed by atoms with Crippen LogP contribution in [0.1, 0.15) is 64.5 Å². The minimum Gasteiger partial charge on any atom is -0.367 e. The second kappa shape index (κ2) is 11.8. The van der Waals surface area contributed by atoms with Gasteiger partial charge < -0.3 is 14.5 Å². The predicted molar refractivity (Wildman–Crippen MR) is 163 cm³/mol. The molecule has 0 bridgehead atoms. The van der Waals surface area contributed by atoms with Gasteiger partial charge in [-0.25, -0.2) is 4.98 Å². The molecule has 1 aliphatic heterocycles. The summed E-state index contributed by atoms with van der Waals surface area (Å²) in [5, 5.41) is 0. The van der Waals surface area contributed by atoms with E-state index in [4.69, 9.17) is 4.98 Å². The van der Waals surface area contributed by atoms with Crippen LogP contribution < -0.4 is 10.5 Å². The van der Waals surface area contributed by atoms with Gasteiger partial charge in [0.05, 0.1) is 11.2 Å². The smallest absolute Gasteiger partial charge is 0.250 e. The summed E-state index contributed by atoms with van der Waals surface area (Å²) >= 11 is 0. The maximum Gasteiger partial charge on any atom is 0.250 e. The molecule has 0 radical (unpaired) electrons. The van der Waals surface area contributed by atoms with E-state index in [1.54, 1.807) is 6.07 Å². The van der Waals surface area contributed by atoms with Crippen molar-refractivity contribution in [1.82, 2.24) is 19.4 Å². The number of unbranched alkanes of at least 4 members (excludes halogenated alkanes) is 3. The Hall–Kier alpha value is -3.38. The van der Waals surface area contributed by atoms with Gasteiger partial charge >= 0.3 is 0 Å². The van der Waals surface area contributed by atoms with E-state index < -0.39 is 0 Å². The minimum atomic E-state index is 0.108. The van der Waals surface area contributed by atoms with Gasteiger partial charge in [-0.2, -0.15) is 0 Å². The van der Waals surface area contributed by atoms with Crippen molar-refractivity contribution >= 4 is 16.7 Å². The Morgan fingerprint density at radius 1 is 0.897 bits per heavy atom. The number of fused-ring (bicyclic) bond motifs is 1. The maximum atomic E-state index is 12.3. The van der Waals surface area contributed by atoms with E-state index in [1.807, 2.05) is 10.6 Å². The van der Waals surface area contributed by atoms with E-state index in [9.17, 15) is 4.79 Å². The number of anilines is 1. The van der Waals surface area contributed by atoms with Crippen molar-refractivity contribution in [2.75, 3.05) is 31.1 Å². The molecule has 1 aliphatic rings. The van der Waals surface area contributed by atoms with Crippen molar-refractivity contribution in [3.05, 3.63) is 82.3 Å². The molecule has 1 fully saturated rings. The number of benzene rings is 2. The third-order valence-electron chi connectivity index (χ3n) is 7.93. The van der Waals surface area contributed by atoms with Crippen molar-refractivity contribution in [3.63, 3.8) is 0 Å². The Morgan fingerprint density at radius 3 is 2.38 bits per heavy atom. The Morgan fingerprint density at radius 2 is 1.67 bits per heavy atom. The molecule has 0 amide bonds. The number of hydrogen-bond donors (Lipinski definition) is 1. The van der Waals surface area contributed by atoms with Crippen LogP contribution in [-0.2, 0) is 18.5 Å². The van der Waals surface area contributed by atoms with Crippen LogP contribution in [-0.4, -0.2) is 45.6 Å². The van der Waals surface area contributed by atoms with Crippen LogP contribution in [0.4, 0.5) is 5.69 Å². The zero-order valence-electron chi connectivity index (χ0n) is 24.0. The molecule has 0 aliphatic carbocycles. The van der Waals surface area contributed by atoms with E-state index in [2.05, 4.69) is 91.1 Å². The summed E-state index contributed by atoms with van der Waals surface area (Å²) in [5.74, 6) is 0.918. The number of nitrogens with zero attached hydrogens (tertiary/aromatic N) is 4. The summed E-state index contributed by atoms with van der Waals surface area (Å²) < 4.78 is 1.90. The molecule has 206 valence electrons. The quantitative estimate of drug-likeness (QED) is 0.250. The summed E-state index contributed by atoms with van der Waals surface area (Å²) in [6.07, 6.45) is 6.76. The molecule has 0 spiro atoms. The van der Waals surface area contributed by atoms with Crippen molar-refractivity contribution in [3.8, 4) is 11.4 Å². The van der Waals surface area contributed by atoms with Gasteiger partial charge in [0.25, 0.3) is 5.56 Å². The Kier molecular flexibility index (Phi) is 8.22. The van der Waals surface area contributed by atoms with Crippen LogP contribution in [0, 0.1) is 0 Å². The fraction of sp³-hybridized carbons (Fsp3) is 0.455. The third-order valence-corrected chi connectivity index (χ3v) is 7.93. The fourth-order valence-electron chi connectivity index (χ4n) is 5.50. The standard InChI is InChI=1S/C33H43N5O/c1-5-6-7-8-18-38-24-25(12-17-30(38)39)23-36-19-21-37(22-20-36)29-11-9-10-28-31(29)35-32(34-28)26-13-15-27(16-14-26)33(2,3)4/h9-17,24H,5-8,18-23H2,1-4H3,(H,34,35). The molecular formula is C33H43N5O. The number of pyridine rings is 1. The highest BCUT2D eigenvalue weighted by atomic mass is 16.1. The number of aryl methyl sites for hydroxylation is 1. The average Bonchev–Trinajstić information content (AvgIpc) is 3.37. The lowest BCUT2D eigenvalue weighted by Gasteiger charge is -2.36. The van der Waals surface area contributed by atoms with Crippen LogP contribution in [0.2, 0.25) is 0 Å². The lowest BCUT2D eigenvalue weighted by Crippen LogP contribution is -2.46. The summed E-state index contributed by atoms with van der Waals surface area (Å²) in [4.78, 5) is 25.9. The van der Waals surface area contributed by atoms with Crippen LogP contribution >= 0.6 is 0 Å². The molecule has 1 N–H and O–H groups in total. The van der Waals surface area contributed by atoms with Gasteiger partial charge in [0.1, 0.15) is 11.3 Å².